The number of carbonyl (C=O) groups is 1. The Labute approximate surface area is 138 Å². The summed E-state index contributed by atoms with van der Waals surface area (Å²) in [5, 5.41) is 0. The highest BCUT2D eigenvalue weighted by Gasteiger charge is 2.11. The second kappa shape index (κ2) is 8.18. The molecule has 3 heteroatoms. The predicted molar refractivity (Wildman–Crippen MR) is 95.5 cm³/mol. The van der Waals surface area contributed by atoms with Crippen molar-refractivity contribution >= 4 is 17.7 Å². The molecule has 0 aliphatic rings. The van der Waals surface area contributed by atoms with Crippen molar-refractivity contribution < 1.29 is 9.53 Å². The summed E-state index contributed by atoms with van der Waals surface area (Å²) in [5.74, 6) is -0.272. The van der Waals surface area contributed by atoms with E-state index < -0.39 is 0 Å². The minimum atomic E-state index is -0.272. The molecule has 0 saturated carbocycles. The molecule has 0 radical (unpaired) electrons. The van der Waals surface area contributed by atoms with Gasteiger partial charge in [-0.3, -0.25) is 0 Å². The molecule has 0 atom stereocenters. The molecule has 0 saturated heterocycles. The Morgan fingerprint density at radius 3 is 2.35 bits per heavy atom. The number of anilines is 1. The second-order valence-corrected chi connectivity index (χ2v) is 5.58. The first-order valence-electron chi connectivity index (χ1n) is 7.72. The average molecular weight is 309 g/mol. The summed E-state index contributed by atoms with van der Waals surface area (Å²) in [6, 6.07) is 18.2. The number of rotatable bonds is 6. The maximum Gasteiger partial charge on any atom is 0.333 e. The molecule has 120 valence electrons. The van der Waals surface area contributed by atoms with Gasteiger partial charge in [0.25, 0.3) is 0 Å². The lowest BCUT2D eigenvalue weighted by Crippen LogP contribution is -2.20. The number of methoxy groups -OCH3 is 1. The molecule has 0 heterocycles. The van der Waals surface area contributed by atoms with E-state index in [-0.39, 0.29) is 5.97 Å². The summed E-state index contributed by atoms with van der Waals surface area (Å²) in [6.07, 6.45) is 2.53. The van der Waals surface area contributed by atoms with E-state index in [0.717, 1.165) is 17.8 Å². The van der Waals surface area contributed by atoms with Crippen LogP contribution in [0.15, 0.2) is 60.2 Å². The van der Waals surface area contributed by atoms with E-state index in [1.807, 2.05) is 43.5 Å². The molecule has 2 rings (SSSR count). The summed E-state index contributed by atoms with van der Waals surface area (Å²) in [7, 11) is 3.45. The van der Waals surface area contributed by atoms with Gasteiger partial charge in [-0.05, 0) is 37.1 Å². The lowest BCUT2D eigenvalue weighted by atomic mass is 10.1. The Balaban J connectivity index is 2.08. The lowest BCUT2D eigenvalue weighted by Gasteiger charge is -2.20. The summed E-state index contributed by atoms with van der Waals surface area (Å²) in [5.41, 5.74) is 4.06. The van der Waals surface area contributed by atoms with Crippen molar-refractivity contribution in [3.05, 3.63) is 71.3 Å². The van der Waals surface area contributed by atoms with Gasteiger partial charge in [-0.2, -0.15) is 0 Å². The van der Waals surface area contributed by atoms with Crippen molar-refractivity contribution in [3.63, 3.8) is 0 Å². The van der Waals surface area contributed by atoms with Crippen LogP contribution in [0.2, 0.25) is 0 Å². The summed E-state index contributed by atoms with van der Waals surface area (Å²) in [6.45, 7) is 2.82. The third-order valence-corrected chi connectivity index (χ3v) is 3.78. The van der Waals surface area contributed by atoms with Crippen LogP contribution in [0.3, 0.4) is 0 Å². The van der Waals surface area contributed by atoms with Crippen LogP contribution in [0.1, 0.15) is 17.5 Å². The Hall–Kier alpha value is -2.55. The van der Waals surface area contributed by atoms with Crippen LogP contribution in [0.4, 0.5) is 5.69 Å². The first-order chi connectivity index (χ1) is 11.1. The summed E-state index contributed by atoms with van der Waals surface area (Å²) in [4.78, 5) is 14.1. The van der Waals surface area contributed by atoms with Crippen molar-refractivity contribution in [3.8, 4) is 0 Å². The Bertz CT molecular complexity index is 660. The van der Waals surface area contributed by atoms with Crippen LogP contribution >= 0.6 is 0 Å². The third-order valence-electron chi connectivity index (χ3n) is 3.78. The summed E-state index contributed by atoms with van der Waals surface area (Å²) < 4.78 is 4.91. The number of nitrogens with zero attached hydrogens (tertiary/aromatic N) is 1. The van der Waals surface area contributed by atoms with E-state index in [9.17, 15) is 4.79 Å². The zero-order valence-corrected chi connectivity index (χ0v) is 14.0. The van der Waals surface area contributed by atoms with Crippen molar-refractivity contribution in [2.24, 2.45) is 0 Å². The van der Waals surface area contributed by atoms with E-state index in [1.54, 1.807) is 0 Å². The minimum Gasteiger partial charge on any atom is -0.466 e. The van der Waals surface area contributed by atoms with Crippen LogP contribution in [0.25, 0.3) is 6.08 Å². The topological polar surface area (TPSA) is 29.5 Å². The van der Waals surface area contributed by atoms with E-state index >= 15 is 0 Å². The van der Waals surface area contributed by atoms with E-state index in [0.29, 0.717) is 12.0 Å². The van der Waals surface area contributed by atoms with Gasteiger partial charge in [0, 0.05) is 24.9 Å². The van der Waals surface area contributed by atoms with Crippen LogP contribution in [0.5, 0.6) is 0 Å². The molecule has 0 aliphatic carbocycles. The average Bonchev–Trinajstić information content (AvgIpc) is 2.59. The molecule has 0 aliphatic heterocycles. The fourth-order valence-electron chi connectivity index (χ4n) is 2.33. The molecule has 0 amide bonds. The van der Waals surface area contributed by atoms with E-state index in [4.69, 9.17) is 4.74 Å². The van der Waals surface area contributed by atoms with Crippen molar-refractivity contribution in [1.29, 1.82) is 0 Å². The monoisotopic (exact) mass is 309 g/mol. The first-order valence-corrected chi connectivity index (χ1v) is 7.72. The molecular formula is C20H23NO2. The van der Waals surface area contributed by atoms with E-state index in [2.05, 4.69) is 36.1 Å². The van der Waals surface area contributed by atoms with Gasteiger partial charge in [-0.1, -0.05) is 48.0 Å². The maximum absolute atomic E-state index is 12.0. The maximum atomic E-state index is 12.0. The van der Waals surface area contributed by atoms with Gasteiger partial charge in [-0.15, -0.1) is 0 Å². The van der Waals surface area contributed by atoms with Crippen LogP contribution in [-0.4, -0.2) is 26.7 Å². The van der Waals surface area contributed by atoms with Crippen molar-refractivity contribution in [1.82, 2.24) is 0 Å². The number of benzene rings is 2. The van der Waals surface area contributed by atoms with Crippen LogP contribution in [-0.2, 0) is 9.53 Å². The molecule has 2 aromatic rings. The summed E-state index contributed by atoms with van der Waals surface area (Å²) >= 11 is 0. The molecule has 2 aromatic carbocycles. The van der Waals surface area contributed by atoms with Gasteiger partial charge >= 0.3 is 5.97 Å². The van der Waals surface area contributed by atoms with Crippen LogP contribution < -0.4 is 4.90 Å². The van der Waals surface area contributed by atoms with Gasteiger partial charge in [-0.25, -0.2) is 4.79 Å². The van der Waals surface area contributed by atoms with Gasteiger partial charge in [0.2, 0.25) is 0 Å². The fraction of sp³-hybridized carbons (Fsp3) is 0.250. The number of aryl methyl sites for hydroxylation is 1. The number of ether oxygens (including phenoxy) is 1. The highest BCUT2D eigenvalue weighted by atomic mass is 16.5. The molecule has 0 spiro atoms. The minimum absolute atomic E-state index is 0.272. The predicted octanol–water partition coefficient (Wildman–Crippen LogP) is 4.08. The standard InChI is InChI=1S/C20H23NO2/c1-16-9-11-19(12-10-16)21(2)14-13-18(20(22)23-3)15-17-7-5-4-6-8-17/h4-12,15H,13-14H2,1-3H3/b18-15+. The SMILES string of the molecule is COC(=O)/C(=C/c1ccccc1)CCN(C)c1ccc(C)cc1. The number of esters is 1. The third kappa shape index (κ3) is 4.99. The molecule has 0 aromatic heterocycles. The van der Waals surface area contributed by atoms with Gasteiger partial charge in [0.1, 0.15) is 0 Å². The smallest absolute Gasteiger partial charge is 0.333 e. The molecule has 3 nitrogen and oxygen atoms in total. The number of carbonyl (C=O) groups excluding carboxylic acids is 1. The highest BCUT2D eigenvalue weighted by molar-refractivity contribution is 5.93. The van der Waals surface area contributed by atoms with Crippen molar-refractivity contribution in [2.45, 2.75) is 13.3 Å². The Kier molecular flexibility index (Phi) is 5.98. The molecular weight excluding hydrogens is 286 g/mol. The zero-order valence-electron chi connectivity index (χ0n) is 14.0. The molecule has 0 bridgehead atoms. The first kappa shape index (κ1) is 16.8. The molecule has 23 heavy (non-hydrogen) atoms. The van der Waals surface area contributed by atoms with Crippen molar-refractivity contribution in [2.75, 3.05) is 25.6 Å². The number of hydrogen-bond donors (Lipinski definition) is 0. The van der Waals surface area contributed by atoms with Gasteiger partial charge in [0.15, 0.2) is 0 Å². The Morgan fingerprint density at radius 1 is 1.09 bits per heavy atom. The molecule has 0 fully saturated rings. The Morgan fingerprint density at radius 2 is 1.74 bits per heavy atom. The second-order valence-electron chi connectivity index (χ2n) is 5.58. The largest absolute Gasteiger partial charge is 0.466 e. The van der Waals surface area contributed by atoms with Crippen LogP contribution in [0, 0.1) is 6.92 Å². The number of hydrogen-bond acceptors (Lipinski definition) is 3. The quantitative estimate of drug-likeness (QED) is 0.595. The van der Waals surface area contributed by atoms with Gasteiger partial charge < -0.3 is 9.64 Å². The normalized spacial score (nSPS) is 11.2. The highest BCUT2D eigenvalue weighted by Crippen LogP contribution is 2.17. The molecule has 0 N–H and O–H groups in total. The lowest BCUT2D eigenvalue weighted by molar-refractivity contribution is -0.136. The zero-order chi connectivity index (χ0) is 16.7. The molecule has 0 unspecified atom stereocenters. The fourth-order valence-corrected chi connectivity index (χ4v) is 2.33. The van der Waals surface area contributed by atoms with E-state index in [1.165, 1.54) is 12.7 Å². The van der Waals surface area contributed by atoms with Gasteiger partial charge in [0.05, 0.1) is 7.11 Å².